The van der Waals surface area contributed by atoms with Crippen molar-refractivity contribution in [2.45, 2.75) is 18.9 Å². The maximum Gasteiger partial charge on any atom is 0.224 e. The van der Waals surface area contributed by atoms with Crippen LogP contribution in [0.4, 0.5) is 4.39 Å². The predicted molar refractivity (Wildman–Crippen MR) is 78.6 cm³/mol. The summed E-state index contributed by atoms with van der Waals surface area (Å²) in [7, 11) is 0. The van der Waals surface area contributed by atoms with Gasteiger partial charge in [0.1, 0.15) is 5.82 Å². The lowest BCUT2D eigenvalue weighted by molar-refractivity contribution is -0.120. The van der Waals surface area contributed by atoms with E-state index >= 15 is 0 Å². The van der Waals surface area contributed by atoms with Gasteiger partial charge in [0.05, 0.1) is 25.1 Å². The Balaban J connectivity index is 1.55. The van der Waals surface area contributed by atoms with E-state index in [1.54, 1.807) is 30.7 Å². The molecule has 0 aliphatic carbocycles. The molecule has 1 N–H and O–H groups in total. The average Bonchev–Trinajstić information content (AvgIpc) is 3.17. The average molecular weight is 303 g/mol. The van der Waals surface area contributed by atoms with E-state index in [0.29, 0.717) is 19.6 Å². The molecule has 116 valence electrons. The molecule has 2 aromatic rings. The first kappa shape index (κ1) is 14.8. The zero-order valence-corrected chi connectivity index (χ0v) is 12.1. The van der Waals surface area contributed by atoms with Gasteiger partial charge < -0.3 is 14.5 Å². The van der Waals surface area contributed by atoms with Crippen molar-refractivity contribution >= 4 is 5.91 Å². The van der Waals surface area contributed by atoms with Crippen molar-refractivity contribution in [2.75, 3.05) is 13.2 Å². The summed E-state index contributed by atoms with van der Waals surface area (Å²) < 4.78 is 23.7. The summed E-state index contributed by atoms with van der Waals surface area (Å²) in [6.45, 7) is 1.21. The van der Waals surface area contributed by atoms with Crippen LogP contribution in [0.15, 0.2) is 47.3 Å². The molecule has 3 rings (SSSR count). The number of carbonyl (C=O) groups excluding carboxylic acids is 1. The topological polar surface area (TPSA) is 51.5 Å². The smallest absolute Gasteiger partial charge is 0.224 e. The molecule has 1 aliphatic rings. The number of amides is 1. The molecule has 0 saturated carbocycles. The number of rotatable bonds is 5. The molecule has 4 nitrogen and oxygen atoms in total. The summed E-state index contributed by atoms with van der Waals surface area (Å²) in [6.07, 6.45) is 4.23. The Kier molecular flexibility index (Phi) is 4.53. The van der Waals surface area contributed by atoms with Crippen molar-refractivity contribution in [3.05, 3.63) is 59.8 Å². The van der Waals surface area contributed by atoms with Gasteiger partial charge >= 0.3 is 0 Å². The SMILES string of the molecule is O=C(Cc1ccoc1)NC[C@@H]1CCO[C@H]1c1ccc(F)cc1. The fraction of sp³-hybridized carbons (Fsp3) is 0.353. The van der Waals surface area contributed by atoms with E-state index in [1.807, 2.05) is 0 Å². The zero-order valence-electron chi connectivity index (χ0n) is 12.1. The highest BCUT2D eigenvalue weighted by molar-refractivity contribution is 5.78. The Hall–Kier alpha value is -2.14. The molecule has 1 amide bonds. The van der Waals surface area contributed by atoms with Crippen LogP contribution in [0.3, 0.4) is 0 Å². The van der Waals surface area contributed by atoms with Crippen LogP contribution in [0.5, 0.6) is 0 Å². The van der Waals surface area contributed by atoms with E-state index in [0.717, 1.165) is 17.5 Å². The second-order valence-electron chi connectivity index (χ2n) is 5.50. The molecule has 22 heavy (non-hydrogen) atoms. The lowest BCUT2D eigenvalue weighted by Gasteiger charge is -2.19. The van der Waals surface area contributed by atoms with Gasteiger partial charge in [0.25, 0.3) is 0 Å². The molecule has 2 heterocycles. The fourth-order valence-corrected chi connectivity index (χ4v) is 2.75. The summed E-state index contributed by atoms with van der Waals surface area (Å²) in [5, 5.41) is 2.94. The molecular formula is C17H18FNO3. The maximum atomic E-state index is 13.0. The molecule has 0 unspecified atom stereocenters. The summed E-state index contributed by atoms with van der Waals surface area (Å²) in [6, 6.07) is 8.13. The Morgan fingerprint density at radius 2 is 2.09 bits per heavy atom. The van der Waals surface area contributed by atoms with Crippen LogP contribution in [-0.2, 0) is 16.0 Å². The van der Waals surface area contributed by atoms with Crippen LogP contribution >= 0.6 is 0 Å². The van der Waals surface area contributed by atoms with E-state index < -0.39 is 0 Å². The van der Waals surface area contributed by atoms with Crippen molar-refractivity contribution in [3.63, 3.8) is 0 Å². The van der Waals surface area contributed by atoms with Gasteiger partial charge in [-0.3, -0.25) is 4.79 Å². The lowest BCUT2D eigenvalue weighted by Crippen LogP contribution is -2.31. The van der Waals surface area contributed by atoms with Gasteiger partial charge in [-0.25, -0.2) is 4.39 Å². The first-order valence-corrected chi connectivity index (χ1v) is 7.37. The van der Waals surface area contributed by atoms with E-state index in [4.69, 9.17) is 9.15 Å². The van der Waals surface area contributed by atoms with E-state index in [9.17, 15) is 9.18 Å². The summed E-state index contributed by atoms with van der Waals surface area (Å²) in [5.41, 5.74) is 1.81. The number of furan rings is 1. The van der Waals surface area contributed by atoms with Crippen LogP contribution in [0.25, 0.3) is 0 Å². The highest BCUT2D eigenvalue weighted by Crippen LogP contribution is 2.34. The molecule has 0 spiro atoms. The lowest BCUT2D eigenvalue weighted by atomic mass is 9.95. The van der Waals surface area contributed by atoms with Crippen molar-refractivity contribution < 1.29 is 18.3 Å². The van der Waals surface area contributed by atoms with Gasteiger partial charge in [0.15, 0.2) is 0 Å². The second-order valence-corrected chi connectivity index (χ2v) is 5.50. The minimum absolute atomic E-state index is 0.0360. The molecule has 1 aromatic heterocycles. The van der Waals surface area contributed by atoms with Crippen LogP contribution < -0.4 is 5.32 Å². The van der Waals surface area contributed by atoms with E-state index in [-0.39, 0.29) is 23.7 Å². The predicted octanol–water partition coefficient (Wildman–Crippen LogP) is 2.86. The number of hydrogen-bond acceptors (Lipinski definition) is 3. The Labute approximate surface area is 128 Å². The minimum atomic E-state index is -0.258. The molecule has 1 fully saturated rings. The molecule has 1 aromatic carbocycles. The van der Waals surface area contributed by atoms with Crippen molar-refractivity contribution in [1.29, 1.82) is 0 Å². The largest absolute Gasteiger partial charge is 0.472 e. The van der Waals surface area contributed by atoms with Crippen molar-refractivity contribution in [3.8, 4) is 0 Å². The highest BCUT2D eigenvalue weighted by atomic mass is 19.1. The summed E-state index contributed by atoms with van der Waals surface area (Å²) >= 11 is 0. The van der Waals surface area contributed by atoms with Gasteiger partial charge in [-0.2, -0.15) is 0 Å². The minimum Gasteiger partial charge on any atom is -0.472 e. The number of benzene rings is 1. The van der Waals surface area contributed by atoms with Gasteiger partial charge in [-0.1, -0.05) is 12.1 Å². The Morgan fingerprint density at radius 3 is 2.82 bits per heavy atom. The molecule has 1 aliphatic heterocycles. The number of carbonyl (C=O) groups is 1. The second kappa shape index (κ2) is 6.75. The van der Waals surface area contributed by atoms with Crippen LogP contribution in [0.2, 0.25) is 0 Å². The molecular weight excluding hydrogens is 285 g/mol. The normalized spacial score (nSPS) is 21.0. The number of ether oxygens (including phenoxy) is 1. The zero-order chi connectivity index (χ0) is 15.4. The molecule has 0 radical (unpaired) electrons. The highest BCUT2D eigenvalue weighted by Gasteiger charge is 2.29. The standard InChI is InChI=1S/C17H18FNO3/c18-15-3-1-13(2-4-15)17-14(6-8-22-17)10-19-16(20)9-12-5-7-21-11-12/h1-5,7,11,14,17H,6,8-10H2,(H,19,20)/t14-,17-/m0/s1. The summed E-state index contributed by atoms with van der Waals surface area (Å²) in [4.78, 5) is 11.9. The fourth-order valence-electron chi connectivity index (χ4n) is 2.75. The maximum absolute atomic E-state index is 13.0. The van der Waals surface area contributed by atoms with Gasteiger partial charge in [0, 0.05) is 19.1 Å². The van der Waals surface area contributed by atoms with Crippen molar-refractivity contribution in [1.82, 2.24) is 5.32 Å². The van der Waals surface area contributed by atoms with Gasteiger partial charge in [-0.05, 0) is 35.7 Å². The summed E-state index contributed by atoms with van der Waals surface area (Å²) in [5.74, 6) is -0.0865. The third kappa shape index (κ3) is 3.54. The van der Waals surface area contributed by atoms with Gasteiger partial charge in [0.2, 0.25) is 5.91 Å². The van der Waals surface area contributed by atoms with E-state index in [2.05, 4.69) is 5.32 Å². The first-order chi connectivity index (χ1) is 10.7. The third-order valence-electron chi connectivity index (χ3n) is 3.92. The Bertz CT molecular complexity index is 609. The van der Waals surface area contributed by atoms with E-state index in [1.165, 1.54) is 12.1 Å². The number of hydrogen-bond donors (Lipinski definition) is 1. The molecule has 5 heteroatoms. The molecule has 0 bridgehead atoms. The third-order valence-corrected chi connectivity index (χ3v) is 3.92. The number of halogens is 1. The molecule has 2 atom stereocenters. The number of nitrogens with one attached hydrogen (secondary N) is 1. The van der Waals surface area contributed by atoms with Crippen molar-refractivity contribution in [2.24, 2.45) is 5.92 Å². The van der Waals surface area contributed by atoms with Crippen LogP contribution in [0, 0.1) is 11.7 Å². The monoisotopic (exact) mass is 303 g/mol. The van der Waals surface area contributed by atoms with Gasteiger partial charge in [-0.15, -0.1) is 0 Å². The Morgan fingerprint density at radius 1 is 1.27 bits per heavy atom. The van der Waals surface area contributed by atoms with Crippen LogP contribution in [-0.4, -0.2) is 19.1 Å². The quantitative estimate of drug-likeness (QED) is 0.924. The van der Waals surface area contributed by atoms with Crippen LogP contribution in [0.1, 0.15) is 23.7 Å². The first-order valence-electron chi connectivity index (χ1n) is 7.37. The molecule has 1 saturated heterocycles.